The second kappa shape index (κ2) is 6.16. The van der Waals surface area contributed by atoms with Crippen molar-refractivity contribution in [3.05, 3.63) is 23.4 Å². The Morgan fingerprint density at radius 3 is 2.94 bits per heavy atom. The van der Waals surface area contributed by atoms with E-state index in [0.29, 0.717) is 6.10 Å². The van der Waals surface area contributed by atoms with Crippen LogP contribution in [-0.4, -0.2) is 35.9 Å². The van der Waals surface area contributed by atoms with Crippen molar-refractivity contribution in [1.29, 1.82) is 0 Å². The number of aryl methyl sites for hydroxylation is 1. The van der Waals surface area contributed by atoms with Crippen LogP contribution in [0.4, 0.5) is 5.82 Å². The first kappa shape index (κ1) is 13.3. The number of hydrogen-bond acceptors (Lipinski definition) is 4. The Kier molecular flexibility index (Phi) is 4.55. The van der Waals surface area contributed by atoms with Gasteiger partial charge in [-0.1, -0.05) is 0 Å². The third-order valence-corrected chi connectivity index (χ3v) is 3.42. The molecule has 1 unspecified atom stereocenters. The van der Waals surface area contributed by atoms with Gasteiger partial charge in [-0.2, -0.15) is 0 Å². The van der Waals surface area contributed by atoms with E-state index in [1.54, 1.807) is 6.20 Å². The summed E-state index contributed by atoms with van der Waals surface area (Å²) >= 11 is 0. The van der Waals surface area contributed by atoms with Gasteiger partial charge in [-0.3, -0.25) is 0 Å². The summed E-state index contributed by atoms with van der Waals surface area (Å²) < 4.78 is 5.68. The van der Waals surface area contributed by atoms with Gasteiger partial charge in [0, 0.05) is 25.9 Å². The maximum absolute atomic E-state index is 9.10. The minimum atomic E-state index is 0.0476. The summed E-state index contributed by atoms with van der Waals surface area (Å²) in [5.74, 6) is 1.00. The van der Waals surface area contributed by atoms with Crippen LogP contribution in [0.3, 0.4) is 0 Å². The first-order valence-electron chi connectivity index (χ1n) is 6.67. The van der Waals surface area contributed by atoms with Crippen LogP contribution < -0.4 is 4.90 Å². The lowest BCUT2D eigenvalue weighted by molar-refractivity contribution is 0.115. The van der Waals surface area contributed by atoms with Crippen molar-refractivity contribution in [1.82, 2.24) is 4.98 Å². The average Bonchev–Trinajstić information content (AvgIpc) is 2.89. The van der Waals surface area contributed by atoms with Crippen molar-refractivity contribution in [2.75, 3.05) is 24.6 Å². The van der Waals surface area contributed by atoms with E-state index < -0.39 is 0 Å². The lowest BCUT2D eigenvalue weighted by Crippen LogP contribution is -2.33. The summed E-state index contributed by atoms with van der Waals surface area (Å²) in [6.07, 6.45) is 4.40. The normalized spacial score (nSPS) is 19.2. The predicted octanol–water partition coefficient (Wildman–Crippen LogP) is 1.89. The standard InChI is InChI=1S/C14H22N2O2/c1-3-16(9-13-5-4-6-18-13)14-11(2)7-12(10-17)8-15-14/h7-8,13,17H,3-6,9-10H2,1-2H3. The molecule has 1 aliphatic rings. The number of aliphatic hydroxyl groups excluding tert-OH is 1. The molecule has 0 saturated carbocycles. The van der Waals surface area contributed by atoms with Gasteiger partial charge >= 0.3 is 0 Å². The molecule has 1 saturated heterocycles. The minimum absolute atomic E-state index is 0.0476. The van der Waals surface area contributed by atoms with Crippen LogP contribution in [0.1, 0.15) is 30.9 Å². The van der Waals surface area contributed by atoms with Gasteiger partial charge in [0.25, 0.3) is 0 Å². The maximum Gasteiger partial charge on any atom is 0.131 e. The summed E-state index contributed by atoms with van der Waals surface area (Å²) in [4.78, 5) is 6.73. The largest absolute Gasteiger partial charge is 0.392 e. The lowest BCUT2D eigenvalue weighted by atomic mass is 10.2. The number of nitrogens with zero attached hydrogens (tertiary/aromatic N) is 2. The van der Waals surface area contributed by atoms with Gasteiger partial charge in [0.15, 0.2) is 0 Å². The number of rotatable bonds is 5. The van der Waals surface area contributed by atoms with Crippen LogP contribution in [0, 0.1) is 6.92 Å². The van der Waals surface area contributed by atoms with E-state index in [1.807, 2.05) is 13.0 Å². The van der Waals surface area contributed by atoms with Crippen LogP contribution in [0.2, 0.25) is 0 Å². The van der Waals surface area contributed by atoms with Gasteiger partial charge in [-0.15, -0.1) is 0 Å². The molecule has 0 amide bonds. The topological polar surface area (TPSA) is 45.6 Å². The molecular formula is C14H22N2O2. The molecule has 100 valence electrons. The Morgan fingerprint density at radius 1 is 1.56 bits per heavy atom. The SMILES string of the molecule is CCN(CC1CCCO1)c1ncc(CO)cc1C. The van der Waals surface area contributed by atoms with Gasteiger partial charge in [-0.25, -0.2) is 4.98 Å². The molecule has 1 aromatic rings. The molecule has 2 heterocycles. The fourth-order valence-electron chi connectivity index (χ4n) is 2.44. The molecule has 1 fully saturated rings. The van der Waals surface area contributed by atoms with Gasteiger partial charge in [0.05, 0.1) is 12.7 Å². The number of anilines is 1. The van der Waals surface area contributed by atoms with Crippen molar-refractivity contribution in [2.45, 2.75) is 39.4 Å². The molecule has 1 N–H and O–H groups in total. The molecule has 1 aliphatic heterocycles. The Balaban J connectivity index is 2.10. The smallest absolute Gasteiger partial charge is 0.131 e. The zero-order valence-corrected chi connectivity index (χ0v) is 11.2. The maximum atomic E-state index is 9.10. The Bertz CT molecular complexity index is 389. The highest BCUT2D eigenvalue weighted by Gasteiger charge is 2.20. The van der Waals surface area contributed by atoms with Crippen molar-refractivity contribution >= 4 is 5.82 Å². The molecule has 1 aromatic heterocycles. The number of ether oxygens (including phenoxy) is 1. The van der Waals surface area contributed by atoms with Gasteiger partial charge in [-0.05, 0) is 43.9 Å². The highest BCUT2D eigenvalue weighted by Crippen LogP contribution is 2.21. The molecule has 0 aliphatic carbocycles. The Hall–Kier alpha value is -1.13. The molecule has 2 rings (SSSR count). The third kappa shape index (κ3) is 3.00. The average molecular weight is 250 g/mol. The van der Waals surface area contributed by atoms with E-state index in [2.05, 4.69) is 16.8 Å². The second-order valence-corrected chi connectivity index (χ2v) is 4.82. The van der Waals surface area contributed by atoms with Crippen LogP contribution in [0.25, 0.3) is 0 Å². The van der Waals surface area contributed by atoms with Crippen molar-refractivity contribution in [2.24, 2.45) is 0 Å². The number of likely N-dealkylation sites (N-methyl/N-ethyl adjacent to an activating group) is 1. The summed E-state index contributed by atoms with van der Waals surface area (Å²) in [6.45, 7) is 6.94. The zero-order valence-electron chi connectivity index (χ0n) is 11.2. The van der Waals surface area contributed by atoms with Gasteiger partial charge in [0.1, 0.15) is 5.82 Å². The monoisotopic (exact) mass is 250 g/mol. The van der Waals surface area contributed by atoms with E-state index in [4.69, 9.17) is 9.84 Å². The molecule has 1 atom stereocenters. The van der Waals surface area contributed by atoms with Crippen LogP contribution in [0.15, 0.2) is 12.3 Å². The van der Waals surface area contributed by atoms with Gasteiger partial charge < -0.3 is 14.7 Å². The first-order chi connectivity index (χ1) is 8.74. The van der Waals surface area contributed by atoms with Crippen LogP contribution in [-0.2, 0) is 11.3 Å². The molecule has 18 heavy (non-hydrogen) atoms. The molecule has 0 radical (unpaired) electrons. The molecule has 0 spiro atoms. The van der Waals surface area contributed by atoms with E-state index in [0.717, 1.165) is 49.5 Å². The van der Waals surface area contributed by atoms with E-state index in [1.165, 1.54) is 0 Å². The van der Waals surface area contributed by atoms with Crippen molar-refractivity contribution in [3.8, 4) is 0 Å². The highest BCUT2D eigenvalue weighted by atomic mass is 16.5. The number of hydrogen-bond donors (Lipinski definition) is 1. The number of aromatic nitrogens is 1. The summed E-state index contributed by atoms with van der Waals surface area (Å²) in [5, 5.41) is 9.10. The molecule has 4 nitrogen and oxygen atoms in total. The third-order valence-electron chi connectivity index (χ3n) is 3.42. The Morgan fingerprint density at radius 2 is 2.39 bits per heavy atom. The Labute approximate surface area is 109 Å². The summed E-state index contributed by atoms with van der Waals surface area (Å²) in [5.41, 5.74) is 1.98. The second-order valence-electron chi connectivity index (χ2n) is 4.82. The van der Waals surface area contributed by atoms with Gasteiger partial charge in [0.2, 0.25) is 0 Å². The molecule has 4 heteroatoms. The predicted molar refractivity (Wildman–Crippen MR) is 71.8 cm³/mol. The number of aliphatic hydroxyl groups is 1. The van der Waals surface area contributed by atoms with Crippen LogP contribution in [0.5, 0.6) is 0 Å². The summed E-state index contributed by atoms with van der Waals surface area (Å²) in [6, 6.07) is 2.00. The lowest BCUT2D eigenvalue weighted by Gasteiger charge is -2.26. The highest BCUT2D eigenvalue weighted by molar-refractivity contribution is 5.47. The minimum Gasteiger partial charge on any atom is -0.392 e. The molecule has 0 bridgehead atoms. The number of pyridine rings is 1. The van der Waals surface area contributed by atoms with Crippen molar-refractivity contribution in [3.63, 3.8) is 0 Å². The van der Waals surface area contributed by atoms with Crippen molar-refractivity contribution < 1.29 is 9.84 Å². The van der Waals surface area contributed by atoms with E-state index >= 15 is 0 Å². The van der Waals surface area contributed by atoms with Crippen LogP contribution >= 0.6 is 0 Å². The fourth-order valence-corrected chi connectivity index (χ4v) is 2.44. The molecular weight excluding hydrogens is 228 g/mol. The zero-order chi connectivity index (χ0) is 13.0. The molecule has 0 aromatic carbocycles. The summed E-state index contributed by atoms with van der Waals surface area (Å²) in [7, 11) is 0. The fraction of sp³-hybridized carbons (Fsp3) is 0.643. The van der Waals surface area contributed by atoms with E-state index in [9.17, 15) is 0 Å². The first-order valence-corrected chi connectivity index (χ1v) is 6.67. The quantitative estimate of drug-likeness (QED) is 0.867. The van der Waals surface area contributed by atoms with E-state index in [-0.39, 0.29) is 6.61 Å².